The maximum absolute atomic E-state index is 13.4. The molecule has 0 aliphatic rings. The molecule has 0 atom stereocenters. The van der Waals surface area contributed by atoms with Crippen molar-refractivity contribution < 1.29 is 18.0 Å². The Hall–Kier alpha value is -3.67. The maximum Gasteiger partial charge on any atom is 0.418 e. The first-order chi connectivity index (χ1) is 14.7. The van der Waals surface area contributed by atoms with Crippen molar-refractivity contribution in [2.45, 2.75) is 20.0 Å². The molecular formula is C25H19F3N2O. The fourth-order valence-corrected chi connectivity index (χ4v) is 3.65. The van der Waals surface area contributed by atoms with Gasteiger partial charge >= 0.3 is 6.18 Å². The fraction of sp³-hybridized carbons (Fsp3) is 0.120. The van der Waals surface area contributed by atoms with Crippen LogP contribution in [0.25, 0.3) is 22.2 Å². The molecule has 0 saturated carbocycles. The minimum Gasteiger partial charge on any atom is -0.321 e. The van der Waals surface area contributed by atoms with Gasteiger partial charge in [-0.25, -0.2) is 4.98 Å². The first kappa shape index (κ1) is 20.6. The average molecular weight is 420 g/mol. The molecule has 0 fully saturated rings. The first-order valence-corrected chi connectivity index (χ1v) is 9.69. The number of aromatic nitrogens is 1. The topological polar surface area (TPSA) is 42.0 Å². The van der Waals surface area contributed by atoms with Crippen molar-refractivity contribution in [2.24, 2.45) is 0 Å². The van der Waals surface area contributed by atoms with Crippen LogP contribution in [0.2, 0.25) is 0 Å². The van der Waals surface area contributed by atoms with Crippen LogP contribution in [0.5, 0.6) is 0 Å². The van der Waals surface area contributed by atoms with E-state index in [1.165, 1.54) is 18.2 Å². The number of fused-ring (bicyclic) bond motifs is 1. The summed E-state index contributed by atoms with van der Waals surface area (Å²) >= 11 is 0. The molecule has 0 saturated heterocycles. The van der Waals surface area contributed by atoms with Crippen LogP contribution in [-0.4, -0.2) is 10.9 Å². The zero-order valence-corrected chi connectivity index (χ0v) is 16.9. The van der Waals surface area contributed by atoms with Crippen LogP contribution in [0.4, 0.5) is 18.9 Å². The number of hydrogen-bond donors (Lipinski definition) is 1. The molecule has 0 aliphatic carbocycles. The van der Waals surface area contributed by atoms with Gasteiger partial charge in [0.2, 0.25) is 0 Å². The largest absolute Gasteiger partial charge is 0.418 e. The molecule has 156 valence electrons. The Morgan fingerprint density at radius 2 is 1.58 bits per heavy atom. The van der Waals surface area contributed by atoms with Crippen molar-refractivity contribution in [1.29, 1.82) is 0 Å². The van der Waals surface area contributed by atoms with Crippen LogP contribution < -0.4 is 5.32 Å². The van der Waals surface area contributed by atoms with Gasteiger partial charge in [0.25, 0.3) is 5.91 Å². The average Bonchev–Trinajstić information content (AvgIpc) is 2.73. The Balaban J connectivity index is 1.88. The molecule has 0 radical (unpaired) electrons. The van der Waals surface area contributed by atoms with Crippen molar-refractivity contribution >= 4 is 22.5 Å². The molecule has 31 heavy (non-hydrogen) atoms. The number of halogens is 3. The molecular weight excluding hydrogens is 401 g/mol. The summed E-state index contributed by atoms with van der Waals surface area (Å²) in [5.74, 6) is -0.619. The minimum atomic E-state index is -4.58. The second-order valence-corrected chi connectivity index (χ2v) is 7.40. The molecule has 0 aliphatic heterocycles. The third-order valence-electron chi connectivity index (χ3n) is 5.04. The summed E-state index contributed by atoms with van der Waals surface area (Å²) in [5, 5.41) is 3.05. The van der Waals surface area contributed by atoms with Crippen LogP contribution in [-0.2, 0) is 6.18 Å². The lowest BCUT2D eigenvalue weighted by Gasteiger charge is -2.16. The van der Waals surface area contributed by atoms with Crippen molar-refractivity contribution in [3.8, 4) is 11.3 Å². The maximum atomic E-state index is 13.4. The van der Waals surface area contributed by atoms with E-state index in [4.69, 9.17) is 4.98 Å². The molecule has 6 heteroatoms. The highest BCUT2D eigenvalue weighted by Gasteiger charge is 2.33. The number of para-hydroxylation sites is 1. The van der Waals surface area contributed by atoms with Crippen molar-refractivity contribution in [2.75, 3.05) is 5.32 Å². The monoisotopic (exact) mass is 420 g/mol. The summed E-state index contributed by atoms with van der Waals surface area (Å²) < 4.78 is 40.2. The van der Waals surface area contributed by atoms with E-state index in [0.29, 0.717) is 16.6 Å². The highest BCUT2D eigenvalue weighted by Crippen LogP contribution is 2.35. The van der Waals surface area contributed by atoms with E-state index >= 15 is 0 Å². The normalized spacial score (nSPS) is 11.5. The van der Waals surface area contributed by atoms with Crippen molar-refractivity contribution in [1.82, 2.24) is 4.98 Å². The summed E-state index contributed by atoms with van der Waals surface area (Å²) in [6, 6.07) is 19.7. The Labute approximate surface area is 177 Å². The number of hydrogen-bond acceptors (Lipinski definition) is 2. The highest BCUT2D eigenvalue weighted by molar-refractivity contribution is 6.13. The van der Waals surface area contributed by atoms with Gasteiger partial charge in [-0.15, -0.1) is 0 Å². The van der Waals surface area contributed by atoms with E-state index in [1.807, 2.05) is 56.3 Å². The number of aryl methyl sites for hydroxylation is 2. The van der Waals surface area contributed by atoms with Gasteiger partial charge in [-0.2, -0.15) is 13.2 Å². The second-order valence-electron chi connectivity index (χ2n) is 7.40. The van der Waals surface area contributed by atoms with E-state index < -0.39 is 17.6 Å². The molecule has 4 aromatic rings. The Morgan fingerprint density at radius 1 is 0.903 bits per heavy atom. The predicted octanol–water partition coefficient (Wildman–Crippen LogP) is 6.79. The number of benzene rings is 3. The summed E-state index contributed by atoms with van der Waals surface area (Å²) in [6.07, 6.45) is -4.58. The number of alkyl halides is 3. The lowest BCUT2D eigenvalue weighted by molar-refractivity contribution is -0.136. The first-order valence-electron chi connectivity index (χ1n) is 9.69. The quantitative estimate of drug-likeness (QED) is 0.396. The smallest absolute Gasteiger partial charge is 0.321 e. The highest BCUT2D eigenvalue weighted by atomic mass is 19.4. The Kier molecular flexibility index (Phi) is 5.23. The fourth-order valence-electron chi connectivity index (χ4n) is 3.65. The van der Waals surface area contributed by atoms with E-state index in [-0.39, 0.29) is 11.3 Å². The molecule has 3 nitrogen and oxygen atoms in total. The number of pyridine rings is 1. The number of nitrogens with zero attached hydrogens (tertiary/aromatic N) is 1. The number of anilines is 1. The number of nitrogens with one attached hydrogen (secondary N) is 1. The van der Waals surface area contributed by atoms with Crippen LogP contribution in [0, 0.1) is 13.8 Å². The van der Waals surface area contributed by atoms with E-state index in [1.54, 1.807) is 6.07 Å². The zero-order chi connectivity index (χ0) is 22.2. The molecule has 0 unspecified atom stereocenters. The van der Waals surface area contributed by atoms with Gasteiger partial charge in [-0.05, 0) is 43.7 Å². The van der Waals surface area contributed by atoms with Crippen LogP contribution >= 0.6 is 0 Å². The van der Waals surface area contributed by atoms with E-state index in [9.17, 15) is 18.0 Å². The molecule has 1 aromatic heterocycles. The number of carbonyl (C=O) groups excluding carboxylic acids is 1. The molecule has 4 rings (SSSR count). The van der Waals surface area contributed by atoms with Gasteiger partial charge in [0.15, 0.2) is 0 Å². The van der Waals surface area contributed by atoms with E-state index in [0.717, 1.165) is 22.8 Å². The molecule has 1 N–H and O–H groups in total. The van der Waals surface area contributed by atoms with Gasteiger partial charge in [0.05, 0.1) is 28.0 Å². The van der Waals surface area contributed by atoms with Gasteiger partial charge in [0.1, 0.15) is 0 Å². The summed E-state index contributed by atoms with van der Waals surface area (Å²) in [4.78, 5) is 17.9. The zero-order valence-electron chi connectivity index (χ0n) is 16.9. The number of carbonyl (C=O) groups is 1. The van der Waals surface area contributed by atoms with Crippen molar-refractivity contribution in [3.63, 3.8) is 0 Å². The number of rotatable bonds is 3. The summed E-state index contributed by atoms with van der Waals surface area (Å²) in [7, 11) is 0. The predicted molar refractivity (Wildman–Crippen MR) is 116 cm³/mol. The van der Waals surface area contributed by atoms with Crippen LogP contribution in [0.3, 0.4) is 0 Å². The summed E-state index contributed by atoms with van der Waals surface area (Å²) in [6.45, 7) is 3.80. The SMILES string of the molecule is Cc1cc(C)c2nc(-c3ccccc3)cc(C(=O)Nc3ccccc3C(F)(F)F)c2c1. The van der Waals surface area contributed by atoms with Gasteiger partial charge in [-0.3, -0.25) is 4.79 Å². The van der Waals surface area contributed by atoms with Gasteiger partial charge in [0, 0.05) is 10.9 Å². The van der Waals surface area contributed by atoms with Crippen LogP contribution in [0.15, 0.2) is 72.8 Å². The lowest BCUT2D eigenvalue weighted by Crippen LogP contribution is -2.17. The van der Waals surface area contributed by atoms with Gasteiger partial charge in [-0.1, -0.05) is 54.1 Å². The molecule has 0 bridgehead atoms. The van der Waals surface area contributed by atoms with Gasteiger partial charge < -0.3 is 5.32 Å². The standard InChI is InChI=1S/C25H19F3N2O/c1-15-12-16(2)23-18(13-15)19(14-22(29-23)17-8-4-3-5-9-17)24(31)30-21-11-7-6-10-20(21)25(26,27)28/h3-14H,1-2H3,(H,30,31). The molecule has 1 amide bonds. The summed E-state index contributed by atoms with van der Waals surface area (Å²) in [5.41, 5.74) is 2.95. The molecule has 1 heterocycles. The minimum absolute atomic E-state index is 0.271. The molecule has 3 aromatic carbocycles. The third kappa shape index (κ3) is 4.14. The van der Waals surface area contributed by atoms with Crippen LogP contribution in [0.1, 0.15) is 27.0 Å². The van der Waals surface area contributed by atoms with E-state index in [2.05, 4.69) is 5.32 Å². The lowest BCUT2D eigenvalue weighted by atomic mass is 9.99. The second kappa shape index (κ2) is 7.87. The Morgan fingerprint density at radius 3 is 2.29 bits per heavy atom. The van der Waals surface area contributed by atoms with Crippen molar-refractivity contribution in [3.05, 3.63) is 95.1 Å². The third-order valence-corrected chi connectivity index (χ3v) is 5.04. The Bertz CT molecular complexity index is 1280. The number of amides is 1. The molecule has 0 spiro atoms.